The first-order valence-corrected chi connectivity index (χ1v) is 7.14. The molecule has 122 valence electrons. The van der Waals surface area contributed by atoms with Crippen LogP contribution in [0, 0.1) is 23.7 Å². The van der Waals surface area contributed by atoms with E-state index < -0.39 is 35.5 Å². The molecule has 1 fully saturated rings. The summed E-state index contributed by atoms with van der Waals surface area (Å²) in [5, 5.41) is 13.7. The SMILES string of the molecule is O=C([O-])[C@@H]1[C@H](C(=O)Nc2cccc(C(F)(F)F)c2)[C@H]2C=C[C@H]1C2. The minimum atomic E-state index is -4.51. The highest BCUT2D eigenvalue weighted by atomic mass is 19.4. The van der Waals surface area contributed by atoms with E-state index in [4.69, 9.17) is 0 Å². The number of rotatable bonds is 3. The first-order valence-electron chi connectivity index (χ1n) is 7.14. The molecule has 1 aromatic carbocycles. The van der Waals surface area contributed by atoms with Crippen LogP contribution in [-0.4, -0.2) is 11.9 Å². The Labute approximate surface area is 130 Å². The predicted molar refractivity (Wildman–Crippen MR) is 72.8 cm³/mol. The largest absolute Gasteiger partial charge is 0.550 e. The van der Waals surface area contributed by atoms with E-state index in [1.165, 1.54) is 12.1 Å². The van der Waals surface area contributed by atoms with Crippen LogP contribution in [-0.2, 0) is 15.8 Å². The smallest absolute Gasteiger partial charge is 0.416 e. The number of fused-ring (bicyclic) bond motifs is 2. The van der Waals surface area contributed by atoms with Crippen LogP contribution in [0.2, 0.25) is 0 Å². The van der Waals surface area contributed by atoms with E-state index in [0.29, 0.717) is 6.42 Å². The van der Waals surface area contributed by atoms with E-state index in [-0.39, 0.29) is 17.5 Å². The molecule has 1 saturated carbocycles. The fraction of sp³-hybridized carbons (Fsp3) is 0.375. The summed E-state index contributed by atoms with van der Waals surface area (Å²) in [6.45, 7) is 0. The first kappa shape index (κ1) is 15.6. The van der Waals surface area contributed by atoms with Crippen LogP contribution in [0.3, 0.4) is 0 Å². The Balaban J connectivity index is 1.80. The van der Waals surface area contributed by atoms with Crippen molar-refractivity contribution >= 4 is 17.6 Å². The third-order valence-corrected chi connectivity index (χ3v) is 4.49. The number of nitrogens with one attached hydrogen (secondary N) is 1. The topological polar surface area (TPSA) is 69.2 Å². The summed E-state index contributed by atoms with van der Waals surface area (Å²) in [5.41, 5.74) is -0.881. The average molecular weight is 324 g/mol. The molecule has 1 N–H and O–H groups in total. The van der Waals surface area contributed by atoms with E-state index in [0.717, 1.165) is 12.1 Å². The minimum absolute atomic E-state index is 0.00586. The standard InChI is InChI=1S/C16H14F3NO3/c17-16(18,19)10-2-1-3-11(7-10)20-14(21)12-8-4-5-9(6-8)13(12)15(22)23/h1-5,7-9,12-13H,6H2,(H,20,21)(H,22,23)/p-1/t8-,9-,12+,13-/m0/s1. The highest BCUT2D eigenvalue weighted by Gasteiger charge is 2.48. The lowest BCUT2D eigenvalue weighted by Gasteiger charge is -2.27. The van der Waals surface area contributed by atoms with Gasteiger partial charge < -0.3 is 15.2 Å². The molecule has 0 heterocycles. The molecule has 2 aliphatic carbocycles. The zero-order chi connectivity index (χ0) is 16.8. The lowest BCUT2D eigenvalue weighted by atomic mass is 9.82. The van der Waals surface area contributed by atoms with Crippen LogP contribution < -0.4 is 10.4 Å². The molecular formula is C16H13F3NO3-. The van der Waals surface area contributed by atoms with Gasteiger partial charge in [-0.15, -0.1) is 0 Å². The lowest BCUT2D eigenvalue weighted by molar-refractivity contribution is -0.313. The van der Waals surface area contributed by atoms with Crippen molar-refractivity contribution in [2.45, 2.75) is 12.6 Å². The van der Waals surface area contributed by atoms with E-state index >= 15 is 0 Å². The van der Waals surface area contributed by atoms with E-state index in [9.17, 15) is 27.9 Å². The molecule has 7 heteroatoms. The fourth-order valence-electron chi connectivity index (χ4n) is 3.50. The van der Waals surface area contributed by atoms with E-state index in [1.807, 2.05) is 0 Å². The summed E-state index contributed by atoms with van der Waals surface area (Å²) in [4.78, 5) is 23.6. The molecule has 0 spiro atoms. The molecule has 1 aromatic rings. The van der Waals surface area contributed by atoms with Crippen molar-refractivity contribution in [2.75, 3.05) is 5.32 Å². The Kier molecular flexibility index (Phi) is 3.66. The summed E-state index contributed by atoms with van der Waals surface area (Å²) in [7, 11) is 0. The molecular weight excluding hydrogens is 311 g/mol. The molecule has 0 aliphatic heterocycles. The second-order valence-electron chi connectivity index (χ2n) is 5.89. The van der Waals surface area contributed by atoms with E-state index in [1.54, 1.807) is 12.2 Å². The molecule has 4 atom stereocenters. The van der Waals surface area contributed by atoms with Crippen molar-refractivity contribution in [3.05, 3.63) is 42.0 Å². The molecule has 0 unspecified atom stereocenters. The fourth-order valence-corrected chi connectivity index (χ4v) is 3.50. The Morgan fingerprint density at radius 1 is 1.13 bits per heavy atom. The quantitative estimate of drug-likeness (QED) is 0.863. The molecule has 1 amide bonds. The number of carboxylic acids is 1. The van der Waals surface area contributed by atoms with Crippen molar-refractivity contribution in [1.82, 2.24) is 0 Å². The number of alkyl halides is 3. The number of amides is 1. The van der Waals surface area contributed by atoms with Gasteiger partial charge in [0.1, 0.15) is 0 Å². The van der Waals surface area contributed by atoms with Crippen molar-refractivity contribution < 1.29 is 27.9 Å². The maximum absolute atomic E-state index is 12.7. The predicted octanol–water partition coefficient (Wildman–Crippen LogP) is 1.83. The lowest BCUT2D eigenvalue weighted by Crippen LogP contribution is -2.42. The summed E-state index contributed by atoms with van der Waals surface area (Å²) >= 11 is 0. The van der Waals surface area contributed by atoms with Crippen LogP contribution in [0.5, 0.6) is 0 Å². The number of hydrogen-bond acceptors (Lipinski definition) is 3. The van der Waals surface area contributed by atoms with Crippen LogP contribution >= 0.6 is 0 Å². The second-order valence-corrected chi connectivity index (χ2v) is 5.89. The van der Waals surface area contributed by atoms with Gasteiger partial charge in [-0.2, -0.15) is 13.2 Å². The molecule has 2 aliphatic rings. The van der Waals surface area contributed by atoms with Crippen molar-refractivity contribution in [3.8, 4) is 0 Å². The number of carbonyl (C=O) groups excluding carboxylic acids is 2. The van der Waals surface area contributed by atoms with Gasteiger partial charge in [0.2, 0.25) is 5.91 Å². The number of allylic oxidation sites excluding steroid dienone is 2. The third-order valence-electron chi connectivity index (χ3n) is 4.49. The highest BCUT2D eigenvalue weighted by molar-refractivity contribution is 5.96. The first-order chi connectivity index (χ1) is 10.8. The summed E-state index contributed by atoms with van der Waals surface area (Å²) < 4.78 is 38.1. The van der Waals surface area contributed by atoms with Gasteiger partial charge in [0.25, 0.3) is 0 Å². The monoisotopic (exact) mass is 324 g/mol. The molecule has 0 radical (unpaired) electrons. The second kappa shape index (κ2) is 5.40. The number of carbonyl (C=O) groups is 2. The maximum Gasteiger partial charge on any atom is 0.416 e. The summed E-state index contributed by atoms with van der Waals surface area (Å²) in [5.74, 6) is -4.10. The Hall–Kier alpha value is -2.31. The number of hydrogen-bond donors (Lipinski definition) is 1. The molecule has 0 saturated heterocycles. The van der Waals surface area contributed by atoms with E-state index in [2.05, 4.69) is 5.32 Å². The maximum atomic E-state index is 12.7. The van der Waals surface area contributed by atoms with Gasteiger partial charge >= 0.3 is 6.18 Å². The zero-order valence-corrected chi connectivity index (χ0v) is 11.8. The van der Waals surface area contributed by atoms with Crippen LogP contribution in [0.4, 0.5) is 18.9 Å². The molecule has 3 rings (SSSR count). The van der Waals surface area contributed by atoms with Gasteiger partial charge in [-0.3, -0.25) is 4.79 Å². The van der Waals surface area contributed by atoms with Crippen LogP contribution in [0.25, 0.3) is 0 Å². The zero-order valence-electron chi connectivity index (χ0n) is 11.8. The Bertz CT molecular complexity index is 683. The van der Waals surface area contributed by atoms with Gasteiger partial charge in [0.15, 0.2) is 0 Å². The Morgan fingerprint density at radius 3 is 2.39 bits per heavy atom. The number of carboxylic acid groups (broad SMARTS) is 1. The number of halogens is 3. The molecule has 4 nitrogen and oxygen atoms in total. The van der Waals surface area contributed by atoms with Gasteiger partial charge in [-0.05, 0) is 36.5 Å². The van der Waals surface area contributed by atoms with Gasteiger partial charge in [-0.25, -0.2) is 0 Å². The van der Waals surface area contributed by atoms with Gasteiger partial charge in [0.05, 0.1) is 11.5 Å². The third kappa shape index (κ3) is 2.83. The van der Waals surface area contributed by atoms with Gasteiger partial charge in [-0.1, -0.05) is 18.2 Å². The summed E-state index contributed by atoms with van der Waals surface area (Å²) in [6.07, 6.45) is -0.400. The normalized spacial score (nSPS) is 28.8. The summed E-state index contributed by atoms with van der Waals surface area (Å²) in [6, 6.07) is 4.26. The highest BCUT2D eigenvalue weighted by Crippen LogP contribution is 2.48. The average Bonchev–Trinajstić information content (AvgIpc) is 3.07. The Morgan fingerprint density at radius 2 is 1.78 bits per heavy atom. The van der Waals surface area contributed by atoms with Crippen molar-refractivity contribution in [1.29, 1.82) is 0 Å². The van der Waals surface area contributed by atoms with Gasteiger partial charge in [0, 0.05) is 17.6 Å². The van der Waals surface area contributed by atoms with Crippen LogP contribution in [0.15, 0.2) is 36.4 Å². The number of anilines is 1. The van der Waals surface area contributed by atoms with Crippen LogP contribution in [0.1, 0.15) is 12.0 Å². The number of aliphatic carboxylic acids is 1. The molecule has 0 aromatic heterocycles. The molecule has 23 heavy (non-hydrogen) atoms. The molecule has 2 bridgehead atoms. The van der Waals surface area contributed by atoms with Crippen molar-refractivity contribution in [3.63, 3.8) is 0 Å². The number of benzene rings is 1. The van der Waals surface area contributed by atoms with Crippen molar-refractivity contribution in [2.24, 2.45) is 23.7 Å². The minimum Gasteiger partial charge on any atom is -0.550 e.